The molecule has 0 radical (unpaired) electrons. The number of rotatable bonds is 11. The van der Waals surface area contributed by atoms with Gasteiger partial charge in [-0.15, -0.1) is 0 Å². The first kappa shape index (κ1) is 25.7. The molecule has 3 N–H and O–H groups in total. The summed E-state index contributed by atoms with van der Waals surface area (Å²) >= 11 is 0. The molecule has 0 fully saturated rings. The summed E-state index contributed by atoms with van der Waals surface area (Å²) in [6.07, 6.45) is 0.134. The monoisotopic (exact) mass is 502 g/mol. The quantitative estimate of drug-likeness (QED) is 0.263. The number of carboxylic acids is 1. The Morgan fingerprint density at radius 2 is 1.76 bits per heavy atom. The van der Waals surface area contributed by atoms with E-state index < -0.39 is 22.9 Å². The molecule has 0 bridgehead atoms. The minimum atomic E-state index is -1.11. The number of carbonyl (C=O) groups is 1. The molecular formula is C28H30N4O5. The Balaban J connectivity index is 1.53. The van der Waals surface area contributed by atoms with Crippen molar-refractivity contribution < 1.29 is 14.6 Å². The Morgan fingerprint density at radius 1 is 1.05 bits per heavy atom. The van der Waals surface area contributed by atoms with Gasteiger partial charge in [-0.25, -0.2) is 9.78 Å². The van der Waals surface area contributed by atoms with E-state index in [1.807, 2.05) is 69.3 Å². The summed E-state index contributed by atoms with van der Waals surface area (Å²) in [7, 11) is 1.62. The van der Waals surface area contributed by atoms with Crippen molar-refractivity contribution in [3.8, 4) is 5.75 Å². The topological polar surface area (TPSA) is 121 Å². The van der Waals surface area contributed by atoms with Crippen LogP contribution in [0.5, 0.6) is 5.75 Å². The molecular weight excluding hydrogens is 472 g/mol. The summed E-state index contributed by atoms with van der Waals surface area (Å²) in [6, 6.07) is 14.1. The highest BCUT2D eigenvalue weighted by Crippen LogP contribution is 2.29. The lowest BCUT2D eigenvalue weighted by Gasteiger charge is -2.26. The molecule has 3 aromatic carbocycles. The second-order valence-corrected chi connectivity index (χ2v) is 8.81. The van der Waals surface area contributed by atoms with Crippen LogP contribution < -0.4 is 31.1 Å². The van der Waals surface area contributed by atoms with Crippen molar-refractivity contribution in [1.29, 1.82) is 0 Å². The van der Waals surface area contributed by atoms with Crippen molar-refractivity contribution >= 4 is 39.6 Å². The zero-order valence-corrected chi connectivity index (χ0v) is 21.3. The van der Waals surface area contributed by atoms with Gasteiger partial charge >= 0.3 is 5.97 Å². The summed E-state index contributed by atoms with van der Waals surface area (Å²) in [5, 5.41) is 17.9. The van der Waals surface area contributed by atoms with Crippen LogP contribution in [0.1, 0.15) is 25.1 Å². The van der Waals surface area contributed by atoms with Gasteiger partial charge in [-0.3, -0.25) is 9.59 Å². The van der Waals surface area contributed by atoms with Crippen LogP contribution in [-0.2, 0) is 11.2 Å². The Morgan fingerprint density at radius 3 is 2.38 bits per heavy atom. The molecule has 0 amide bonds. The number of nitrogens with one attached hydrogen (secondary N) is 2. The van der Waals surface area contributed by atoms with Crippen LogP contribution >= 0.6 is 0 Å². The van der Waals surface area contributed by atoms with E-state index in [0.29, 0.717) is 18.9 Å². The first-order valence-electron chi connectivity index (χ1n) is 12.1. The zero-order chi connectivity index (χ0) is 26.7. The van der Waals surface area contributed by atoms with Crippen molar-refractivity contribution in [3.05, 3.63) is 80.2 Å². The van der Waals surface area contributed by atoms with Crippen LogP contribution in [0, 0.1) is 6.92 Å². The fraction of sp³-hybridized carbons (Fsp3) is 0.286. The second-order valence-electron chi connectivity index (χ2n) is 8.81. The predicted octanol–water partition coefficient (Wildman–Crippen LogP) is 3.85. The van der Waals surface area contributed by atoms with Crippen molar-refractivity contribution in [2.24, 2.45) is 0 Å². The molecule has 1 atom stereocenters. The molecule has 4 rings (SSSR count). The summed E-state index contributed by atoms with van der Waals surface area (Å²) in [5.74, 6) is 0.315. The molecule has 0 aliphatic rings. The minimum absolute atomic E-state index is 0.0761. The molecule has 4 aromatic rings. The molecule has 0 aliphatic carbocycles. The fourth-order valence-electron chi connectivity index (χ4n) is 4.41. The predicted molar refractivity (Wildman–Crippen MR) is 146 cm³/mol. The maximum absolute atomic E-state index is 12.2. The van der Waals surface area contributed by atoms with Gasteiger partial charge in [-0.1, -0.05) is 18.2 Å². The fourth-order valence-corrected chi connectivity index (χ4v) is 4.41. The SMILES string of the molecule is CCN(CC)c1c(N[C@@H](Cc2ccc(Nc3nc(C)cc4ccc(OC)cc34)cc2)C(=O)O)c(=O)c1=O. The number of benzene rings is 2. The number of ether oxygens (including phenoxy) is 1. The molecule has 9 heteroatoms. The van der Waals surface area contributed by atoms with Crippen LogP contribution in [-0.4, -0.2) is 42.3 Å². The van der Waals surface area contributed by atoms with Gasteiger partial charge in [-0.2, -0.15) is 0 Å². The van der Waals surface area contributed by atoms with Crippen LogP contribution in [0.3, 0.4) is 0 Å². The Bertz CT molecular complexity index is 1500. The smallest absolute Gasteiger partial charge is 0.326 e. The lowest BCUT2D eigenvalue weighted by molar-refractivity contribution is -0.137. The zero-order valence-electron chi connectivity index (χ0n) is 21.3. The van der Waals surface area contributed by atoms with Crippen molar-refractivity contribution in [1.82, 2.24) is 4.98 Å². The Labute approximate surface area is 214 Å². The number of pyridine rings is 1. The number of aromatic nitrogens is 1. The van der Waals surface area contributed by atoms with Crippen molar-refractivity contribution in [3.63, 3.8) is 0 Å². The Kier molecular flexibility index (Phi) is 7.42. The molecule has 0 unspecified atom stereocenters. The lowest BCUT2D eigenvalue weighted by Crippen LogP contribution is -2.45. The van der Waals surface area contributed by atoms with Crippen LogP contribution in [0.15, 0.2) is 58.1 Å². The van der Waals surface area contributed by atoms with Crippen LogP contribution in [0.25, 0.3) is 10.8 Å². The highest BCUT2D eigenvalue weighted by atomic mass is 16.5. The van der Waals surface area contributed by atoms with Crippen molar-refractivity contribution in [2.75, 3.05) is 35.7 Å². The molecule has 192 valence electrons. The number of hydrogen-bond donors (Lipinski definition) is 3. The average Bonchev–Trinajstić information content (AvgIpc) is 2.90. The van der Waals surface area contributed by atoms with E-state index in [4.69, 9.17) is 4.74 Å². The highest BCUT2D eigenvalue weighted by molar-refractivity contribution is 5.94. The molecule has 37 heavy (non-hydrogen) atoms. The third-order valence-corrected chi connectivity index (χ3v) is 6.41. The summed E-state index contributed by atoms with van der Waals surface area (Å²) in [5.41, 5.74) is 1.49. The molecule has 9 nitrogen and oxygen atoms in total. The normalized spacial score (nSPS) is 11.9. The maximum atomic E-state index is 12.2. The summed E-state index contributed by atoms with van der Waals surface area (Å²) < 4.78 is 5.36. The van der Waals surface area contributed by atoms with E-state index in [0.717, 1.165) is 33.5 Å². The van der Waals surface area contributed by atoms with Gasteiger partial charge in [0.15, 0.2) is 0 Å². The second kappa shape index (κ2) is 10.7. The van der Waals surface area contributed by atoms with E-state index in [2.05, 4.69) is 15.6 Å². The molecule has 0 saturated heterocycles. The van der Waals surface area contributed by atoms with E-state index in [9.17, 15) is 19.5 Å². The van der Waals surface area contributed by atoms with Gasteiger partial charge in [0, 0.05) is 36.3 Å². The van der Waals surface area contributed by atoms with Crippen LogP contribution in [0.2, 0.25) is 0 Å². The largest absolute Gasteiger partial charge is 0.497 e. The summed E-state index contributed by atoms with van der Waals surface area (Å²) in [4.78, 5) is 42.7. The number of fused-ring (bicyclic) bond motifs is 1. The number of methoxy groups -OCH3 is 1. The Hall–Kier alpha value is -4.40. The molecule has 1 aromatic heterocycles. The average molecular weight is 503 g/mol. The summed E-state index contributed by atoms with van der Waals surface area (Å²) in [6.45, 7) is 6.76. The van der Waals surface area contributed by atoms with E-state index in [1.54, 1.807) is 12.0 Å². The first-order chi connectivity index (χ1) is 17.7. The third-order valence-electron chi connectivity index (χ3n) is 6.41. The lowest BCUT2D eigenvalue weighted by atomic mass is 10.0. The maximum Gasteiger partial charge on any atom is 0.326 e. The highest BCUT2D eigenvalue weighted by Gasteiger charge is 2.29. The van der Waals surface area contributed by atoms with Gasteiger partial charge in [0.1, 0.15) is 29.0 Å². The van der Waals surface area contributed by atoms with E-state index in [-0.39, 0.29) is 17.8 Å². The number of carboxylic acid groups (broad SMARTS) is 1. The molecule has 1 heterocycles. The van der Waals surface area contributed by atoms with Crippen molar-refractivity contribution in [2.45, 2.75) is 33.2 Å². The molecule has 0 saturated carbocycles. The number of aryl methyl sites for hydroxylation is 1. The standard InChI is InChI=1S/C28H30N4O5/c1-5-32(6-2)24-23(25(33)26(24)34)31-22(28(35)36)14-17-7-10-19(11-8-17)30-27-21-15-20(37-4)12-9-18(21)13-16(3)29-27/h7-13,15,22,31H,5-6,14H2,1-4H3,(H,29,30)(H,35,36)/t22-/m0/s1. The van der Waals surface area contributed by atoms with E-state index >= 15 is 0 Å². The number of aliphatic carboxylic acids is 1. The number of hydrogen-bond acceptors (Lipinski definition) is 8. The van der Waals surface area contributed by atoms with Gasteiger partial charge in [0.05, 0.1) is 7.11 Å². The number of nitrogens with zero attached hydrogens (tertiary/aromatic N) is 2. The molecule has 0 spiro atoms. The van der Waals surface area contributed by atoms with Gasteiger partial charge in [0.25, 0.3) is 10.9 Å². The first-order valence-corrected chi connectivity index (χ1v) is 12.1. The van der Waals surface area contributed by atoms with Crippen LogP contribution in [0.4, 0.5) is 22.9 Å². The third kappa shape index (κ3) is 5.25. The number of anilines is 4. The van der Waals surface area contributed by atoms with Gasteiger partial charge in [-0.05, 0) is 62.1 Å². The van der Waals surface area contributed by atoms with E-state index in [1.165, 1.54) is 0 Å². The minimum Gasteiger partial charge on any atom is -0.497 e. The van der Waals surface area contributed by atoms with Gasteiger partial charge in [0.2, 0.25) is 0 Å². The van der Waals surface area contributed by atoms with Gasteiger partial charge < -0.3 is 25.4 Å². The molecule has 0 aliphatic heterocycles.